The van der Waals surface area contributed by atoms with Crippen molar-refractivity contribution in [1.82, 2.24) is 19.8 Å². The number of hydrogen-bond acceptors (Lipinski definition) is 6. The van der Waals surface area contributed by atoms with Gasteiger partial charge in [-0.2, -0.15) is 0 Å². The lowest BCUT2D eigenvalue weighted by Crippen LogP contribution is -2.36. The van der Waals surface area contributed by atoms with Crippen molar-refractivity contribution in [2.45, 2.75) is 0 Å². The molecule has 29 heavy (non-hydrogen) atoms. The predicted molar refractivity (Wildman–Crippen MR) is 119 cm³/mol. The summed E-state index contributed by atoms with van der Waals surface area (Å²) in [7, 11) is 0. The highest BCUT2D eigenvalue weighted by Crippen LogP contribution is 2.20. The van der Waals surface area contributed by atoms with Gasteiger partial charge in [0.05, 0.1) is 44.5 Å². The van der Waals surface area contributed by atoms with E-state index in [0.717, 1.165) is 66.5 Å². The minimum absolute atomic E-state index is 0.758. The molecule has 0 N–H and O–H groups in total. The van der Waals surface area contributed by atoms with Crippen molar-refractivity contribution in [2.24, 2.45) is 20.7 Å². The molecule has 2 atom stereocenters. The van der Waals surface area contributed by atoms with Crippen molar-refractivity contribution >= 4 is 43.2 Å². The molecule has 0 aromatic heterocycles. The highest BCUT2D eigenvalue weighted by atomic mass is 79.9. The van der Waals surface area contributed by atoms with Gasteiger partial charge in [-0.3, -0.25) is 19.8 Å². The van der Waals surface area contributed by atoms with E-state index in [0.29, 0.717) is 0 Å². The smallest absolute Gasteiger partial charge is 0.0907 e. The van der Waals surface area contributed by atoms with E-state index >= 15 is 0 Å². The van der Waals surface area contributed by atoms with Crippen LogP contribution in [0.15, 0.2) is 78.2 Å². The Morgan fingerprint density at radius 2 is 0.966 bits per heavy atom. The molecule has 0 aliphatic carbocycles. The van der Waals surface area contributed by atoms with Crippen LogP contribution in [-0.4, -0.2) is 66.0 Å². The summed E-state index contributed by atoms with van der Waals surface area (Å²) in [4.78, 5) is 4.73. The van der Waals surface area contributed by atoms with E-state index in [1.807, 2.05) is 58.5 Å². The van der Waals surface area contributed by atoms with Gasteiger partial charge in [0.15, 0.2) is 0 Å². The number of hydrogen-bond donors (Lipinski definition) is 0. The molecule has 0 spiro atoms. The van der Waals surface area contributed by atoms with Crippen molar-refractivity contribution in [2.75, 3.05) is 46.2 Å². The first kappa shape index (κ1) is 20.4. The van der Waals surface area contributed by atoms with Gasteiger partial charge in [-0.1, -0.05) is 42.3 Å². The third-order valence-electron chi connectivity index (χ3n) is 4.70. The van der Waals surface area contributed by atoms with Crippen LogP contribution in [0.5, 0.6) is 0 Å². The van der Waals surface area contributed by atoms with E-state index in [9.17, 15) is 0 Å². The molecule has 152 valence electrons. The number of rotatable bonds is 4. The van der Waals surface area contributed by atoms with Crippen LogP contribution in [-0.2, 0) is 0 Å². The van der Waals surface area contributed by atoms with E-state index in [2.05, 4.69) is 62.3 Å². The Balaban J connectivity index is 1.34. The summed E-state index contributed by atoms with van der Waals surface area (Å²) in [6.07, 6.45) is 0. The van der Waals surface area contributed by atoms with Crippen LogP contribution in [0.3, 0.4) is 0 Å². The normalized spacial score (nSPS) is 22.8. The van der Waals surface area contributed by atoms with E-state index in [4.69, 9.17) is 0 Å². The maximum absolute atomic E-state index is 4.45. The van der Waals surface area contributed by atoms with E-state index in [-0.39, 0.29) is 0 Å². The molecule has 2 aromatic carbocycles. The Morgan fingerprint density at radius 1 is 0.552 bits per heavy atom. The third kappa shape index (κ3) is 6.05. The molecule has 2 unspecified atom stereocenters. The second-order valence-corrected chi connectivity index (χ2v) is 8.84. The fraction of sp³-hybridized carbons (Fsp3) is 0.368. The lowest BCUT2D eigenvalue weighted by Gasteiger charge is -2.24. The Bertz CT molecular complexity index is 784. The molecule has 2 aliphatic rings. The van der Waals surface area contributed by atoms with E-state index in [1.165, 1.54) is 0 Å². The lowest BCUT2D eigenvalue weighted by molar-refractivity contribution is 0.134. The maximum Gasteiger partial charge on any atom is 0.0907 e. The van der Waals surface area contributed by atoms with Gasteiger partial charge in [0, 0.05) is 22.0 Å². The fourth-order valence-electron chi connectivity index (χ4n) is 3.16. The molecule has 2 aliphatic heterocycles. The number of nitrogens with zero attached hydrogens (tertiary/aromatic N) is 8. The molecule has 0 radical (unpaired) electrons. The summed E-state index contributed by atoms with van der Waals surface area (Å²) in [5.74, 6) is 0. The van der Waals surface area contributed by atoms with Gasteiger partial charge in [0.1, 0.15) is 0 Å². The number of benzene rings is 2. The molecule has 2 heterocycles. The molecule has 10 heteroatoms. The number of fused-ring (bicyclic) bond motifs is 2. The van der Waals surface area contributed by atoms with E-state index in [1.54, 1.807) is 0 Å². The van der Waals surface area contributed by atoms with Crippen molar-refractivity contribution in [3.8, 4) is 0 Å². The second kappa shape index (κ2) is 9.75. The standard InChI is InChI=1S/C19H22Br2N8/c20-16-1-5-18(6-2-16)22-24-28-11-9-27-13-26(14-28)10-12-29(15-27)25-23-19-7-3-17(21)4-8-19/h1-8H,9-15H2. The fourth-order valence-corrected chi connectivity index (χ4v) is 3.69. The summed E-state index contributed by atoms with van der Waals surface area (Å²) in [6.45, 7) is 5.87. The summed E-state index contributed by atoms with van der Waals surface area (Å²) in [6, 6.07) is 15.7. The van der Waals surface area contributed by atoms with Crippen molar-refractivity contribution in [3.63, 3.8) is 0 Å². The summed E-state index contributed by atoms with van der Waals surface area (Å²) < 4.78 is 2.08. The first-order chi connectivity index (χ1) is 14.1. The monoisotopic (exact) mass is 520 g/mol. The van der Waals surface area contributed by atoms with Crippen LogP contribution >= 0.6 is 31.9 Å². The zero-order valence-electron chi connectivity index (χ0n) is 15.9. The molecule has 2 aromatic rings. The Hall–Kier alpha value is -1.88. The maximum atomic E-state index is 4.45. The third-order valence-corrected chi connectivity index (χ3v) is 5.76. The molecule has 2 bridgehead atoms. The highest BCUT2D eigenvalue weighted by molar-refractivity contribution is 9.10. The quantitative estimate of drug-likeness (QED) is 0.530. The predicted octanol–water partition coefficient (Wildman–Crippen LogP) is 5.02. The van der Waals surface area contributed by atoms with Gasteiger partial charge in [-0.25, -0.2) is 0 Å². The second-order valence-electron chi connectivity index (χ2n) is 7.00. The molecule has 0 saturated carbocycles. The highest BCUT2D eigenvalue weighted by Gasteiger charge is 2.25. The van der Waals surface area contributed by atoms with Gasteiger partial charge >= 0.3 is 0 Å². The van der Waals surface area contributed by atoms with Crippen LogP contribution in [0, 0.1) is 0 Å². The van der Waals surface area contributed by atoms with Crippen molar-refractivity contribution < 1.29 is 0 Å². The molecule has 4 rings (SSSR count). The average Bonchev–Trinajstić information content (AvgIpc) is 3.05. The first-order valence-corrected chi connectivity index (χ1v) is 11.0. The summed E-state index contributed by atoms with van der Waals surface area (Å²) in [5, 5.41) is 21.7. The minimum Gasteiger partial charge on any atom is -0.270 e. The first-order valence-electron chi connectivity index (χ1n) is 9.43. The van der Waals surface area contributed by atoms with Crippen LogP contribution in [0.25, 0.3) is 0 Å². The molecular formula is C19H22Br2N8. The zero-order valence-corrected chi connectivity index (χ0v) is 19.1. The molecular weight excluding hydrogens is 500 g/mol. The molecule has 2 fully saturated rings. The molecule has 0 amide bonds. The summed E-state index contributed by atoms with van der Waals surface area (Å²) in [5.41, 5.74) is 1.71. The topological polar surface area (TPSA) is 62.4 Å². The van der Waals surface area contributed by atoms with Crippen LogP contribution in [0.2, 0.25) is 0 Å². The van der Waals surface area contributed by atoms with Gasteiger partial charge in [-0.15, -0.1) is 10.2 Å². The van der Waals surface area contributed by atoms with Crippen molar-refractivity contribution in [3.05, 3.63) is 57.5 Å². The van der Waals surface area contributed by atoms with Gasteiger partial charge in [-0.05, 0) is 48.5 Å². The van der Waals surface area contributed by atoms with Gasteiger partial charge < -0.3 is 0 Å². The number of halogens is 2. The largest absolute Gasteiger partial charge is 0.270 e. The Morgan fingerprint density at radius 3 is 1.38 bits per heavy atom. The minimum atomic E-state index is 0.758. The Labute approximate surface area is 187 Å². The average molecular weight is 522 g/mol. The zero-order chi connectivity index (χ0) is 20.1. The van der Waals surface area contributed by atoms with Gasteiger partial charge in [0.25, 0.3) is 0 Å². The van der Waals surface area contributed by atoms with Gasteiger partial charge in [0.2, 0.25) is 0 Å². The SMILES string of the molecule is Brc1ccc(N=NN2CCN3CN(CCN(N=Nc4ccc(Br)cc4)C3)C2)cc1. The lowest BCUT2D eigenvalue weighted by atomic mass is 10.3. The van der Waals surface area contributed by atoms with Crippen LogP contribution in [0.1, 0.15) is 0 Å². The van der Waals surface area contributed by atoms with Crippen molar-refractivity contribution in [1.29, 1.82) is 0 Å². The Kier molecular flexibility index (Phi) is 6.86. The van der Waals surface area contributed by atoms with E-state index < -0.39 is 0 Å². The molecule has 8 nitrogen and oxygen atoms in total. The molecule has 2 saturated heterocycles. The summed E-state index contributed by atoms with van der Waals surface area (Å²) >= 11 is 6.88. The van der Waals surface area contributed by atoms with Crippen LogP contribution in [0.4, 0.5) is 11.4 Å². The van der Waals surface area contributed by atoms with Crippen LogP contribution < -0.4 is 0 Å².